The van der Waals surface area contributed by atoms with E-state index in [0.29, 0.717) is 33.8 Å². The summed E-state index contributed by atoms with van der Waals surface area (Å²) in [4.78, 5) is 5.01. The highest BCUT2D eigenvalue weighted by Crippen LogP contribution is 2.46. The molecule has 0 fully saturated rings. The Morgan fingerprint density at radius 1 is 0.449 bits per heavy atom. The number of imidazole rings is 1. The molecule has 0 radical (unpaired) electrons. The number of benzene rings is 9. The average molecular weight is 631 g/mol. The van der Waals surface area contributed by atoms with Crippen LogP contribution in [0.15, 0.2) is 182 Å². The van der Waals surface area contributed by atoms with Crippen molar-refractivity contribution in [2.24, 2.45) is 0 Å². The molecular weight excluding hydrogens is 593 g/mol. The Hall–Kier alpha value is -6.51. The predicted molar refractivity (Wildman–Crippen MR) is 207 cm³/mol. The van der Waals surface area contributed by atoms with Crippen LogP contribution < -0.4 is 0 Å². The Morgan fingerprint density at radius 2 is 1.04 bits per heavy atom. The van der Waals surface area contributed by atoms with Crippen molar-refractivity contribution in [1.82, 2.24) is 9.55 Å². The van der Waals surface area contributed by atoms with Gasteiger partial charge in [-0.3, -0.25) is 4.57 Å². The number of aromatic nitrogens is 2. The molecule has 1 aromatic heterocycles. The van der Waals surface area contributed by atoms with Gasteiger partial charge in [-0.2, -0.15) is 0 Å². The zero-order valence-corrected chi connectivity index (χ0v) is 26.1. The molecule has 0 N–H and O–H groups in total. The van der Waals surface area contributed by atoms with Gasteiger partial charge in [-0.15, -0.1) is 0 Å². The van der Waals surface area contributed by atoms with E-state index in [0.717, 1.165) is 38.1 Å². The quantitative estimate of drug-likeness (QED) is 0.140. The summed E-state index contributed by atoms with van der Waals surface area (Å²) in [5.74, 6) is 0.700. The van der Waals surface area contributed by atoms with Gasteiger partial charge >= 0.3 is 0 Å². The monoisotopic (exact) mass is 630 g/mol. The maximum atomic E-state index is 9.52. The molecule has 9 aromatic carbocycles. The molecule has 1 heterocycles. The third kappa shape index (κ3) is 4.31. The summed E-state index contributed by atoms with van der Waals surface area (Å²) in [6.45, 7) is 0. The van der Waals surface area contributed by atoms with E-state index < -0.39 is 24.2 Å². The van der Waals surface area contributed by atoms with E-state index in [1.54, 1.807) is 0 Å². The maximum Gasteiger partial charge on any atom is 0.145 e. The Balaban J connectivity index is 1.41. The lowest BCUT2D eigenvalue weighted by atomic mass is 9.84. The van der Waals surface area contributed by atoms with Gasteiger partial charge in [-0.1, -0.05) is 151 Å². The minimum absolute atomic E-state index is 0.168. The standard InChI is InChI=1S/C47H30N2/c1-2-15-31(16-3-1)47-48-43-27-12-13-28-44(43)49(47)34-19-14-18-33(29-34)45-38-23-8-10-25-40(38)46(41-26-11-9-24-39(41)45)42-30-32-17-4-5-20-35(32)36-21-6-7-22-37(36)42/h1-30H/i8D,9D,10D,11D,23D,24D,25D,26D. The molecule has 10 rings (SSSR count). The second-order valence-electron chi connectivity index (χ2n) is 12.1. The van der Waals surface area contributed by atoms with Crippen LogP contribution in [0.1, 0.15) is 11.0 Å². The molecule has 228 valence electrons. The van der Waals surface area contributed by atoms with Gasteiger partial charge in [0, 0.05) is 11.3 Å². The number of rotatable bonds is 4. The van der Waals surface area contributed by atoms with Crippen molar-refractivity contribution in [1.29, 1.82) is 0 Å². The molecule has 0 unspecified atom stereocenters. The van der Waals surface area contributed by atoms with Crippen LogP contribution in [0, 0.1) is 0 Å². The highest BCUT2D eigenvalue weighted by Gasteiger charge is 2.20. The molecule has 0 saturated heterocycles. The summed E-state index contributed by atoms with van der Waals surface area (Å²) in [5.41, 5.74) is 4.99. The summed E-state index contributed by atoms with van der Waals surface area (Å²) in [6.07, 6.45) is 0. The summed E-state index contributed by atoms with van der Waals surface area (Å²) >= 11 is 0. The third-order valence-electron chi connectivity index (χ3n) is 9.40. The largest absolute Gasteiger partial charge is 0.292 e. The Bertz CT molecular complexity index is 3260. The van der Waals surface area contributed by atoms with E-state index in [2.05, 4.69) is 0 Å². The minimum atomic E-state index is -0.439. The van der Waals surface area contributed by atoms with Gasteiger partial charge in [0.1, 0.15) is 5.82 Å². The molecule has 0 aliphatic rings. The van der Waals surface area contributed by atoms with Crippen LogP contribution in [-0.4, -0.2) is 9.55 Å². The molecule has 10 aromatic rings. The Kier molecular flexibility index (Phi) is 4.66. The van der Waals surface area contributed by atoms with Crippen LogP contribution in [-0.2, 0) is 0 Å². The van der Waals surface area contributed by atoms with Crippen LogP contribution in [0.3, 0.4) is 0 Å². The zero-order chi connectivity index (χ0) is 39.3. The zero-order valence-electron chi connectivity index (χ0n) is 34.1. The van der Waals surface area contributed by atoms with E-state index >= 15 is 0 Å². The van der Waals surface area contributed by atoms with Crippen LogP contribution in [0.25, 0.3) is 93.5 Å². The van der Waals surface area contributed by atoms with E-state index in [-0.39, 0.29) is 45.7 Å². The molecular formula is C47H30N2. The van der Waals surface area contributed by atoms with Crippen molar-refractivity contribution in [2.75, 3.05) is 0 Å². The molecule has 0 aliphatic heterocycles. The Morgan fingerprint density at radius 3 is 1.80 bits per heavy atom. The number of hydrogen-bond donors (Lipinski definition) is 0. The average Bonchev–Trinajstić information content (AvgIpc) is 3.65. The number of para-hydroxylation sites is 2. The molecule has 0 saturated carbocycles. The van der Waals surface area contributed by atoms with Crippen LogP contribution >= 0.6 is 0 Å². The normalized spacial score (nSPS) is 14.0. The second-order valence-corrected chi connectivity index (χ2v) is 12.1. The molecule has 0 amide bonds. The number of hydrogen-bond acceptors (Lipinski definition) is 1. The van der Waals surface area contributed by atoms with Gasteiger partial charge in [-0.05, 0) is 95.7 Å². The summed E-state index contributed by atoms with van der Waals surface area (Å²) in [7, 11) is 0. The molecule has 0 atom stereocenters. The summed E-state index contributed by atoms with van der Waals surface area (Å²) < 4.78 is 75.8. The molecule has 0 bridgehead atoms. The van der Waals surface area contributed by atoms with E-state index in [4.69, 9.17) is 10.5 Å². The van der Waals surface area contributed by atoms with Crippen molar-refractivity contribution in [2.45, 2.75) is 0 Å². The summed E-state index contributed by atoms with van der Waals surface area (Å²) in [6, 6.07) is 39.9. The third-order valence-corrected chi connectivity index (χ3v) is 9.40. The van der Waals surface area contributed by atoms with E-state index in [1.165, 1.54) is 0 Å². The van der Waals surface area contributed by atoms with Gasteiger partial charge in [0.2, 0.25) is 0 Å². The van der Waals surface area contributed by atoms with Gasteiger partial charge in [0.15, 0.2) is 0 Å². The molecule has 2 heteroatoms. The van der Waals surface area contributed by atoms with Crippen LogP contribution in [0.5, 0.6) is 0 Å². The fourth-order valence-corrected chi connectivity index (χ4v) is 7.31. The topological polar surface area (TPSA) is 17.8 Å². The van der Waals surface area contributed by atoms with Crippen molar-refractivity contribution < 1.29 is 11.0 Å². The first kappa shape index (κ1) is 20.7. The molecule has 2 nitrogen and oxygen atoms in total. The first-order chi connectivity index (χ1) is 27.7. The first-order valence-corrected chi connectivity index (χ1v) is 16.2. The van der Waals surface area contributed by atoms with Crippen molar-refractivity contribution >= 4 is 54.1 Å². The molecule has 0 spiro atoms. The lowest BCUT2D eigenvalue weighted by Gasteiger charge is -2.20. The van der Waals surface area contributed by atoms with E-state index in [9.17, 15) is 5.48 Å². The molecule has 49 heavy (non-hydrogen) atoms. The highest BCUT2D eigenvalue weighted by molar-refractivity contribution is 6.25. The first-order valence-electron chi connectivity index (χ1n) is 20.2. The smallest absolute Gasteiger partial charge is 0.145 e. The fourth-order valence-electron chi connectivity index (χ4n) is 7.31. The maximum absolute atomic E-state index is 9.52. The lowest BCUT2D eigenvalue weighted by Crippen LogP contribution is -1.98. The predicted octanol–water partition coefficient (Wildman–Crippen LogP) is 12.6. The Labute approximate surface area is 295 Å². The van der Waals surface area contributed by atoms with Crippen LogP contribution in [0.2, 0.25) is 0 Å². The van der Waals surface area contributed by atoms with Crippen molar-refractivity contribution in [3.05, 3.63) is 182 Å². The van der Waals surface area contributed by atoms with E-state index in [1.807, 2.05) is 138 Å². The van der Waals surface area contributed by atoms with Crippen molar-refractivity contribution in [3.8, 4) is 39.3 Å². The van der Waals surface area contributed by atoms with Gasteiger partial charge < -0.3 is 0 Å². The number of fused-ring (bicyclic) bond motifs is 6. The summed E-state index contributed by atoms with van der Waals surface area (Å²) in [5, 5.41) is 4.26. The van der Waals surface area contributed by atoms with Gasteiger partial charge in [0.05, 0.1) is 22.0 Å². The number of nitrogens with zero attached hydrogens (tertiary/aromatic N) is 2. The van der Waals surface area contributed by atoms with Gasteiger partial charge in [-0.25, -0.2) is 4.98 Å². The lowest BCUT2D eigenvalue weighted by molar-refractivity contribution is 1.10. The molecule has 0 aliphatic carbocycles. The minimum Gasteiger partial charge on any atom is -0.292 e. The van der Waals surface area contributed by atoms with Crippen molar-refractivity contribution in [3.63, 3.8) is 0 Å². The fraction of sp³-hybridized carbons (Fsp3) is 0. The SMILES string of the molecule is [2H]c1c([2H])c([2H])c2c(-c3cc4ccccc4c4ccccc34)c3c([2H])c([2H])c([2H])c([2H])c3c(-c3cccc(-n4c(-c5ccccc5)nc5ccccc54)c3)c2c1[2H]. The second kappa shape index (κ2) is 11.0. The highest BCUT2D eigenvalue weighted by atomic mass is 15.1. The van der Waals surface area contributed by atoms with Crippen LogP contribution in [0.4, 0.5) is 0 Å². The van der Waals surface area contributed by atoms with Gasteiger partial charge in [0.25, 0.3) is 0 Å².